The lowest BCUT2D eigenvalue weighted by Crippen LogP contribution is -2.10. The second-order valence-electron chi connectivity index (χ2n) is 3.59. The number of thiophene rings is 1. The quantitative estimate of drug-likeness (QED) is 0.528. The highest BCUT2D eigenvalue weighted by Gasteiger charge is 2.15. The third kappa shape index (κ3) is 3.02. The lowest BCUT2D eigenvalue weighted by molar-refractivity contribution is -0.380. The lowest BCUT2D eigenvalue weighted by Gasteiger charge is -2.03. The van der Waals surface area contributed by atoms with E-state index in [1.165, 1.54) is 18.2 Å². The van der Waals surface area contributed by atoms with Crippen molar-refractivity contribution in [3.8, 4) is 0 Å². The number of nitrogens with one attached hydrogen (secondary N) is 1. The van der Waals surface area contributed by atoms with E-state index in [0.29, 0.717) is 17.5 Å². The van der Waals surface area contributed by atoms with Gasteiger partial charge in [-0.25, -0.2) is 0 Å². The van der Waals surface area contributed by atoms with Gasteiger partial charge in [-0.3, -0.25) is 19.7 Å². The van der Waals surface area contributed by atoms with Gasteiger partial charge in [0.25, 0.3) is 5.91 Å². The molecule has 1 N–H and O–H groups in total. The standard InChI is InChI=1S/C12H8N2O4S/c15-7-8-2-1-3-9(6-8)13-12(16)10-4-5-11(19-10)14(17)18/h1-7H,(H,13,16). The molecule has 0 spiro atoms. The van der Waals surface area contributed by atoms with Crippen LogP contribution in [0.15, 0.2) is 36.4 Å². The predicted octanol–water partition coefficient (Wildman–Crippen LogP) is 2.72. The van der Waals surface area contributed by atoms with E-state index in [1.54, 1.807) is 18.2 Å². The molecule has 0 fully saturated rings. The smallest absolute Gasteiger partial charge is 0.321 e. The normalized spacial score (nSPS) is 9.89. The van der Waals surface area contributed by atoms with Gasteiger partial charge in [-0.1, -0.05) is 23.5 Å². The largest absolute Gasteiger partial charge is 0.324 e. The first kappa shape index (κ1) is 12.9. The van der Waals surface area contributed by atoms with Crippen molar-refractivity contribution < 1.29 is 14.5 Å². The highest BCUT2D eigenvalue weighted by atomic mass is 32.1. The third-order valence-electron chi connectivity index (χ3n) is 2.28. The summed E-state index contributed by atoms with van der Waals surface area (Å²) in [6, 6.07) is 9.07. The van der Waals surface area contributed by atoms with Crippen LogP contribution in [-0.4, -0.2) is 17.1 Å². The van der Waals surface area contributed by atoms with Gasteiger partial charge in [-0.2, -0.15) is 0 Å². The molecule has 1 amide bonds. The fourth-order valence-corrected chi connectivity index (χ4v) is 2.15. The number of aldehydes is 1. The Kier molecular flexibility index (Phi) is 3.67. The Morgan fingerprint density at radius 2 is 2.11 bits per heavy atom. The molecule has 0 aliphatic rings. The molecule has 2 rings (SSSR count). The maximum atomic E-state index is 11.8. The summed E-state index contributed by atoms with van der Waals surface area (Å²) < 4.78 is 0. The Bertz CT molecular complexity index is 651. The summed E-state index contributed by atoms with van der Waals surface area (Å²) in [5.74, 6) is -0.443. The molecule has 0 atom stereocenters. The summed E-state index contributed by atoms with van der Waals surface area (Å²) in [6.45, 7) is 0. The molecule has 1 aromatic heterocycles. The summed E-state index contributed by atoms with van der Waals surface area (Å²) in [5.41, 5.74) is 0.903. The second kappa shape index (κ2) is 5.40. The molecule has 2 aromatic rings. The molecule has 1 aromatic carbocycles. The Hall–Kier alpha value is -2.54. The molecular formula is C12H8N2O4S. The van der Waals surface area contributed by atoms with E-state index in [9.17, 15) is 19.7 Å². The van der Waals surface area contributed by atoms with Crippen molar-refractivity contribution >= 4 is 34.2 Å². The SMILES string of the molecule is O=Cc1cccc(NC(=O)c2ccc([N+](=O)[O-])s2)c1. The van der Waals surface area contributed by atoms with Crippen molar-refractivity contribution in [3.63, 3.8) is 0 Å². The maximum absolute atomic E-state index is 11.8. The monoisotopic (exact) mass is 276 g/mol. The van der Waals surface area contributed by atoms with Crippen LogP contribution in [0.1, 0.15) is 20.0 Å². The number of carbonyl (C=O) groups is 2. The van der Waals surface area contributed by atoms with Gasteiger partial charge in [0.15, 0.2) is 0 Å². The average Bonchev–Trinajstić information content (AvgIpc) is 2.89. The van der Waals surface area contributed by atoms with Crippen LogP contribution in [-0.2, 0) is 0 Å². The lowest BCUT2D eigenvalue weighted by atomic mass is 10.2. The number of benzene rings is 1. The number of rotatable bonds is 4. The van der Waals surface area contributed by atoms with Crippen molar-refractivity contribution in [2.75, 3.05) is 5.32 Å². The summed E-state index contributed by atoms with van der Waals surface area (Å²) in [4.78, 5) is 32.7. The number of hydrogen-bond donors (Lipinski definition) is 1. The number of nitrogens with zero attached hydrogens (tertiary/aromatic N) is 1. The Morgan fingerprint density at radius 1 is 1.32 bits per heavy atom. The number of nitro groups is 1. The van der Waals surface area contributed by atoms with Crippen LogP contribution in [0.3, 0.4) is 0 Å². The fourth-order valence-electron chi connectivity index (χ4n) is 1.43. The highest BCUT2D eigenvalue weighted by molar-refractivity contribution is 7.17. The number of anilines is 1. The summed E-state index contributed by atoms with van der Waals surface area (Å²) in [5, 5.41) is 13.0. The zero-order valence-corrected chi connectivity index (χ0v) is 10.3. The zero-order chi connectivity index (χ0) is 13.8. The molecule has 0 aliphatic carbocycles. The summed E-state index contributed by atoms with van der Waals surface area (Å²) in [7, 11) is 0. The van der Waals surface area contributed by atoms with E-state index in [2.05, 4.69) is 5.32 Å². The molecule has 1 heterocycles. The summed E-state index contributed by atoms with van der Waals surface area (Å²) >= 11 is 0.798. The molecule has 6 nitrogen and oxygen atoms in total. The fraction of sp³-hybridized carbons (Fsp3) is 0. The third-order valence-corrected chi connectivity index (χ3v) is 3.31. The van der Waals surface area contributed by atoms with Crippen molar-refractivity contribution in [3.05, 3.63) is 57.0 Å². The maximum Gasteiger partial charge on any atom is 0.324 e. The Labute approximate surface area is 111 Å². The van der Waals surface area contributed by atoms with Crippen LogP contribution >= 0.6 is 11.3 Å². The highest BCUT2D eigenvalue weighted by Crippen LogP contribution is 2.24. The van der Waals surface area contributed by atoms with Crippen LogP contribution in [0.2, 0.25) is 0 Å². The number of hydrogen-bond acceptors (Lipinski definition) is 5. The number of carbonyl (C=O) groups excluding carboxylic acids is 2. The molecule has 96 valence electrons. The van der Waals surface area contributed by atoms with Gasteiger partial charge in [0.2, 0.25) is 0 Å². The van der Waals surface area contributed by atoms with E-state index < -0.39 is 10.8 Å². The van der Waals surface area contributed by atoms with Crippen LogP contribution in [0, 0.1) is 10.1 Å². The minimum absolute atomic E-state index is 0.0909. The molecule has 0 radical (unpaired) electrons. The molecule has 19 heavy (non-hydrogen) atoms. The molecule has 0 aliphatic heterocycles. The van der Waals surface area contributed by atoms with Gasteiger partial charge < -0.3 is 5.32 Å². The molecule has 0 saturated heterocycles. The van der Waals surface area contributed by atoms with Crippen LogP contribution in [0.4, 0.5) is 10.7 Å². The van der Waals surface area contributed by atoms with Gasteiger partial charge in [0.1, 0.15) is 6.29 Å². The average molecular weight is 276 g/mol. The summed E-state index contributed by atoms with van der Waals surface area (Å²) in [6.07, 6.45) is 0.672. The topological polar surface area (TPSA) is 89.3 Å². The van der Waals surface area contributed by atoms with E-state index >= 15 is 0 Å². The molecular weight excluding hydrogens is 268 g/mol. The van der Waals surface area contributed by atoms with Gasteiger partial charge in [0.05, 0.1) is 9.80 Å². The molecule has 0 saturated carbocycles. The zero-order valence-electron chi connectivity index (χ0n) is 9.53. The van der Waals surface area contributed by atoms with Crippen molar-refractivity contribution in [1.82, 2.24) is 0 Å². The minimum Gasteiger partial charge on any atom is -0.321 e. The first-order valence-electron chi connectivity index (χ1n) is 5.21. The van der Waals surface area contributed by atoms with E-state index in [0.717, 1.165) is 11.3 Å². The second-order valence-corrected chi connectivity index (χ2v) is 4.65. The Morgan fingerprint density at radius 3 is 2.74 bits per heavy atom. The van der Waals surface area contributed by atoms with E-state index in [-0.39, 0.29) is 9.88 Å². The van der Waals surface area contributed by atoms with Crippen LogP contribution in [0.25, 0.3) is 0 Å². The number of amides is 1. The van der Waals surface area contributed by atoms with Crippen molar-refractivity contribution in [1.29, 1.82) is 0 Å². The molecule has 0 bridgehead atoms. The van der Waals surface area contributed by atoms with E-state index in [4.69, 9.17) is 0 Å². The van der Waals surface area contributed by atoms with Gasteiger partial charge >= 0.3 is 5.00 Å². The Balaban J connectivity index is 2.15. The molecule has 0 unspecified atom stereocenters. The van der Waals surface area contributed by atoms with Crippen molar-refractivity contribution in [2.24, 2.45) is 0 Å². The van der Waals surface area contributed by atoms with Crippen LogP contribution in [0.5, 0.6) is 0 Å². The van der Waals surface area contributed by atoms with E-state index in [1.807, 2.05) is 0 Å². The molecule has 7 heteroatoms. The predicted molar refractivity (Wildman–Crippen MR) is 70.8 cm³/mol. The minimum atomic E-state index is -0.547. The van der Waals surface area contributed by atoms with Crippen LogP contribution < -0.4 is 5.32 Å². The van der Waals surface area contributed by atoms with Crippen molar-refractivity contribution in [2.45, 2.75) is 0 Å². The first-order chi connectivity index (χ1) is 9.10. The van der Waals surface area contributed by atoms with Gasteiger partial charge in [-0.15, -0.1) is 0 Å². The van der Waals surface area contributed by atoms with Gasteiger partial charge in [-0.05, 0) is 18.2 Å². The first-order valence-corrected chi connectivity index (χ1v) is 6.02. The van der Waals surface area contributed by atoms with Gasteiger partial charge in [0, 0.05) is 17.3 Å².